The lowest BCUT2D eigenvalue weighted by Gasteiger charge is -2.11. The van der Waals surface area contributed by atoms with E-state index in [1.54, 1.807) is 0 Å². The van der Waals surface area contributed by atoms with Gasteiger partial charge in [-0.05, 0) is 11.1 Å². The van der Waals surface area contributed by atoms with Crippen LogP contribution < -0.4 is 0 Å². The van der Waals surface area contributed by atoms with Gasteiger partial charge in [-0.3, -0.25) is 4.79 Å². The highest BCUT2D eigenvalue weighted by molar-refractivity contribution is 6.09. The molecule has 3 rings (SSSR count). The van der Waals surface area contributed by atoms with E-state index < -0.39 is 0 Å². The highest BCUT2D eigenvalue weighted by Gasteiger charge is 2.14. The Morgan fingerprint density at radius 1 is 0.905 bits per heavy atom. The van der Waals surface area contributed by atoms with E-state index in [4.69, 9.17) is 0 Å². The fraction of sp³-hybridized carbons (Fsp3) is 0.0500. The van der Waals surface area contributed by atoms with Crippen LogP contribution in [0.5, 0.6) is 0 Å². The van der Waals surface area contributed by atoms with Crippen LogP contribution >= 0.6 is 0 Å². The maximum atomic E-state index is 12.5. The zero-order chi connectivity index (χ0) is 14.5. The third-order valence-corrected chi connectivity index (χ3v) is 3.48. The number of hydrogen-bond acceptors (Lipinski definition) is 1. The zero-order valence-corrected chi connectivity index (χ0v) is 11.7. The molecule has 2 aromatic carbocycles. The molecule has 0 saturated carbocycles. The number of carbonyl (C=O) groups excluding carboxylic acids is 1. The van der Waals surface area contributed by atoms with E-state index in [1.807, 2.05) is 60.7 Å². The first-order chi connectivity index (χ1) is 10.3. The molecule has 2 aromatic rings. The van der Waals surface area contributed by atoms with Gasteiger partial charge in [-0.15, -0.1) is 0 Å². The first-order valence-corrected chi connectivity index (χ1v) is 7.05. The van der Waals surface area contributed by atoms with Gasteiger partial charge in [0.1, 0.15) is 0 Å². The van der Waals surface area contributed by atoms with Crippen LogP contribution in [0.4, 0.5) is 0 Å². The van der Waals surface area contributed by atoms with Gasteiger partial charge in [-0.1, -0.05) is 85.0 Å². The Bertz CT molecular complexity index is 719. The molecule has 0 radical (unpaired) electrons. The van der Waals surface area contributed by atoms with Gasteiger partial charge in [-0.2, -0.15) is 0 Å². The van der Waals surface area contributed by atoms with Gasteiger partial charge in [0, 0.05) is 17.6 Å². The molecule has 0 bridgehead atoms. The number of carbonyl (C=O) groups is 1. The summed E-state index contributed by atoms with van der Waals surface area (Å²) in [6.45, 7) is 0. The van der Waals surface area contributed by atoms with Crippen LogP contribution in [0, 0.1) is 0 Å². The van der Waals surface area contributed by atoms with Gasteiger partial charge in [0.05, 0.1) is 0 Å². The van der Waals surface area contributed by atoms with Crippen molar-refractivity contribution in [3.63, 3.8) is 0 Å². The maximum Gasteiger partial charge on any atom is 0.189 e. The highest BCUT2D eigenvalue weighted by Crippen LogP contribution is 2.23. The number of hydrogen-bond donors (Lipinski definition) is 0. The fourth-order valence-electron chi connectivity index (χ4n) is 2.42. The van der Waals surface area contributed by atoms with Gasteiger partial charge < -0.3 is 0 Å². The largest absolute Gasteiger partial charge is 0.289 e. The van der Waals surface area contributed by atoms with Crippen LogP contribution in [0.2, 0.25) is 0 Å². The number of rotatable bonds is 3. The molecule has 1 aliphatic rings. The van der Waals surface area contributed by atoms with E-state index in [2.05, 4.69) is 24.3 Å². The van der Waals surface area contributed by atoms with Gasteiger partial charge in [0.15, 0.2) is 5.78 Å². The molecule has 0 heterocycles. The SMILES string of the molecule is O=C(C1=CC=CC(=Cc2ccccc2)C1)c1ccccc1. The van der Waals surface area contributed by atoms with Crippen LogP contribution in [0.1, 0.15) is 22.3 Å². The third-order valence-electron chi connectivity index (χ3n) is 3.48. The van der Waals surface area contributed by atoms with E-state index in [-0.39, 0.29) is 5.78 Å². The standard InChI is InChI=1S/C20H16O/c21-20(18-11-5-2-6-12-18)19-13-7-10-17(15-19)14-16-8-3-1-4-9-16/h1-14H,15H2. The molecule has 1 aliphatic carbocycles. The molecule has 0 unspecified atom stereocenters. The van der Waals surface area contributed by atoms with Gasteiger partial charge in [0.25, 0.3) is 0 Å². The molecule has 0 saturated heterocycles. The molecule has 1 heteroatoms. The Hall–Kier alpha value is -2.67. The minimum Gasteiger partial charge on any atom is -0.289 e. The van der Waals surface area contributed by atoms with Crippen molar-refractivity contribution in [3.05, 3.63) is 101 Å². The Kier molecular flexibility index (Phi) is 3.92. The molecule has 21 heavy (non-hydrogen) atoms. The minimum atomic E-state index is 0.110. The fourth-order valence-corrected chi connectivity index (χ4v) is 2.42. The van der Waals surface area contributed by atoms with E-state index >= 15 is 0 Å². The highest BCUT2D eigenvalue weighted by atomic mass is 16.1. The van der Waals surface area contributed by atoms with E-state index in [0.29, 0.717) is 6.42 Å². The van der Waals surface area contributed by atoms with Crippen LogP contribution in [0.15, 0.2) is 90.0 Å². The summed E-state index contributed by atoms with van der Waals surface area (Å²) in [6, 6.07) is 19.6. The van der Waals surface area contributed by atoms with Crippen LogP contribution in [-0.2, 0) is 0 Å². The molecule has 0 amide bonds. The molecule has 1 nitrogen and oxygen atoms in total. The maximum absolute atomic E-state index is 12.5. The summed E-state index contributed by atoms with van der Waals surface area (Å²) in [4.78, 5) is 12.5. The van der Waals surface area contributed by atoms with Gasteiger partial charge >= 0.3 is 0 Å². The van der Waals surface area contributed by atoms with E-state index in [1.165, 1.54) is 0 Å². The average Bonchev–Trinajstić information content (AvgIpc) is 2.56. The summed E-state index contributed by atoms with van der Waals surface area (Å²) in [7, 11) is 0. The second-order valence-electron chi connectivity index (χ2n) is 5.05. The number of benzene rings is 2. The second-order valence-corrected chi connectivity index (χ2v) is 5.05. The lowest BCUT2D eigenvalue weighted by atomic mass is 9.92. The summed E-state index contributed by atoms with van der Waals surface area (Å²) in [5.74, 6) is 0.110. The summed E-state index contributed by atoms with van der Waals surface area (Å²) in [6.07, 6.45) is 8.74. The smallest absolute Gasteiger partial charge is 0.189 e. The topological polar surface area (TPSA) is 17.1 Å². The van der Waals surface area contributed by atoms with Crippen LogP contribution in [0.3, 0.4) is 0 Å². The molecule has 0 aromatic heterocycles. The lowest BCUT2D eigenvalue weighted by molar-refractivity contribution is 0.103. The summed E-state index contributed by atoms with van der Waals surface area (Å²) >= 11 is 0. The lowest BCUT2D eigenvalue weighted by Crippen LogP contribution is -2.05. The third kappa shape index (κ3) is 3.26. The Labute approximate surface area is 124 Å². The zero-order valence-electron chi connectivity index (χ0n) is 11.7. The first kappa shape index (κ1) is 13.3. The Morgan fingerprint density at radius 3 is 2.29 bits per heavy atom. The Balaban J connectivity index is 1.81. The van der Waals surface area contributed by atoms with Gasteiger partial charge in [-0.25, -0.2) is 0 Å². The molecule has 0 atom stereocenters. The van der Waals surface area contributed by atoms with Crippen LogP contribution in [0.25, 0.3) is 6.08 Å². The van der Waals surface area contributed by atoms with Gasteiger partial charge in [0.2, 0.25) is 0 Å². The minimum absolute atomic E-state index is 0.110. The van der Waals surface area contributed by atoms with Crippen molar-refractivity contribution in [2.45, 2.75) is 6.42 Å². The molecular weight excluding hydrogens is 256 g/mol. The summed E-state index contributed by atoms with van der Waals surface area (Å²) < 4.78 is 0. The first-order valence-electron chi connectivity index (χ1n) is 7.05. The predicted molar refractivity (Wildman–Crippen MR) is 87.0 cm³/mol. The average molecular weight is 272 g/mol. The predicted octanol–water partition coefficient (Wildman–Crippen LogP) is 4.84. The molecule has 0 spiro atoms. The van der Waals surface area contributed by atoms with Crippen molar-refractivity contribution in [1.82, 2.24) is 0 Å². The normalized spacial score (nSPS) is 15.8. The van der Waals surface area contributed by atoms with Crippen molar-refractivity contribution < 1.29 is 4.79 Å². The Morgan fingerprint density at radius 2 is 1.57 bits per heavy atom. The second kappa shape index (κ2) is 6.19. The van der Waals surface area contributed by atoms with E-state index in [9.17, 15) is 4.79 Å². The van der Waals surface area contributed by atoms with Crippen molar-refractivity contribution >= 4 is 11.9 Å². The molecule has 0 aliphatic heterocycles. The quantitative estimate of drug-likeness (QED) is 0.731. The number of allylic oxidation sites excluding steroid dienone is 5. The summed E-state index contributed by atoms with van der Waals surface area (Å²) in [5.41, 5.74) is 3.90. The van der Waals surface area contributed by atoms with E-state index in [0.717, 1.165) is 22.3 Å². The molecule has 0 N–H and O–H groups in total. The summed E-state index contributed by atoms with van der Waals surface area (Å²) in [5, 5.41) is 0. The van der Waals surface area contributed by atoms with Crippen LogP contribution in [-0.4, -0.2) is 5.78 Å². The van der Waals surface area contributed by atoms with Crippen molar-refractivity contribution in [1.29, 1.82) is 0 Å². The van der Waals surface area contributed by atoms with Crippen molar-refractivity contribution in [2.75, 3.05) is 0 Å². The van der Waals surface area contributed by atoms with Crippen molar-refractivity contribution in [3.8, 4) is 0 Å². The van der Waals surface area contributed by atoms with Crippen molar-refractivity contribution in [2.24, 2.45) is 0 Å². The number of Topliss-reactive ketones (excluding diaryl/α,β-unsaturated/α-hetero) is 1. The molecule has 102 valence electrons. The molecular formula is C20H16O. The number of ketones is 1. The monoisotopic (exact) mass is 272 g/mol. The molecule has 0 fully saturated rings.